The molecule has 0 aliphatic carbocycles. The Labute approximate surface area is 243 Å². The van der Waals surface area contributed by atoms with Crippen molar-refractivity contribution in [2.24, 2.45) is 0 Å². The molecule has 0 heterocycles. The van der Waals surface area contributed by atoms with Gasteiger partial charge in [0.25, 0.3) is 10.0 Å². The summed E-state index contributed by atoms with van der Waals surface area (Å²) in [6, 6.07) is 19.7. The summed E-state index contributed by atoms with van der Waals surface area (Å²) in [5, 5.41) is 3.39. The molecule has 2 atom stereocenters. The Morgan fingerprint density at radius 2 is 1.55 bits per heavy atom. The maximum absolute atomic E-state index is 14.1. The van der Waals surface area contributed by atoms with Gasteiger partial charge in [-0.2, -0.15) is 0 Å². The van der Waals surface area contributed by atoms with Crippen molar-refractivity contribution in [2.45, 2.75) is 71.0 Å². The van der Waals surface area contributed by atoms with Crippen molar-refractivity contribution in [3.63, 3.8) is 0 Å². The number of amides is 2. The minimum absolute atomic E-state index is 0.0119. The van der Waals surface area contributed by atoms with Gasteiger partial charge in [0.1, 0.15) is 12.6 Å². The van der Waals surface area contributed by atoms with Gasteiger partial charge in [-0.1, -0.05) is 67.4 Å². The molecule has 3 aromatic rings. The van der Waals surface area contributed by atoms with Gasteiger partial charge in [-0.25, -0.2) is 8.42 Å². The van der Waals surface area contributed by atoms with Gasteiger partial charge in [-0.3, -0.25) is 13.9 Å². The van der Waals surface area contributed by atoms with Crippen LogP contribution in [0, 0.1) is 13.8 Å². The largest absolute Gasteiger partial charge is 0.352 e. The number of carbonyl (C=O) groups is 2. The number of rotatable bonds is 12. The fourth-order valence-electron chi connectivity index (χ4n) is 4.30. The van der Waals surface area contributed by atoms with Crippen LogP contribution in [0.2, 0.25) is 5.02 Å². The highest BCUT2D eigenvalue weighted by atomic mass is 35.5. The number of nitrogens with one attached hydrogen (secondary N) is 1. The van der Waals surface area contributed by atoms with E-state index in [-0.39, 0.29) is 23.4 Å². The Morgan fingerprint density at radius 3 is 2.12 bits per heavy atom. The standard InChI is InChI=1S/C31H38ClN3O4S/c1-6-24(5)33-31(37)29(7-2)34(20-25-13-11-22(3)12-14-25)30(36)21-35(27-10-8-9-23(4)19-27)40(38,39)28-17-15-26(32)16-18-28/h8-19,24,29H,6-7,20-21H2,1-5H3,(H,33,37)/t24-,29-/m0/s1. The minimum Gasteiger partial charge on any atom is -0.352 e. The van der Waals surface area contributed by atoms with E-state index in [0.29, 0.717) is 17.1 Å². The monoisotopic (exact) mass is 583 g/mol. The van der Waals surface area contributed by atoms with Gasteiger partial charge in [0, 0.05) is 17.6 Å². The molecule has 0 unspecified atom stereocenters. The summed E-state index contributed by atoms with van der Waals surface area (Å²) in [5.74, 6) is -0.745. The van der Waals surface area contributed by atoms with Crippen LogP contribution in [0.3, 0.4) is 0 Å². The first-order valence-corrected chi connectivity index (χ1v) is 15.3. The number of anilines is 1. The van der Waals surface area contributed by atoms with E-state index in [0.717, 1.165) is 27.4 Å². The molecule has 40 heavy (non-hydrogen) atoms. The molecule has 7 nitrogen and oxygen atoms in total. The van der Waals surface area contributed by atoms with E-state index in [4.69, 9.17) is 11.6 Å². The van der Waals surface area contributed by atoms with Crippen LogP contribution in [0.1, 0.15) is 50.3 Å². The predicted molar refractivity (Wildman–Crippen MR) is 161 cm³/mol. The zero-order valence-corrected chi connectivity index (χ0v) is 25.3. The molecule has 0 saturated carbocycles. The van der Waals surface area contributed by atoms with E-state index < -0.39 is 28.5 Å². The summed E-state index contributed by atoms with van der Waals surface area (Å²) in [7, 11) is -4.14. The highest BCUT2D eigenvalue weighted by molar-refractivity contribution is 7.92. The van der Waals surface area contributed by atoms with Crippen molar-refractivity contribution >= 4 is 39.1 Å². The smallest absolute Gasteiger partial charge is 0.264 e. The van der Waals surface area contributed by atoms with Crippen molar-refractivity contribution < 1.29 is 18.0 Å². The average Bonchev–Trinajstić information content (AvgIpc) is 2.92. The second-order valence-corrected chi connectivity index (χ2v) is 12.4. The summed E-state index contributed by atoms with van der Waals surface area (Å²) in [6.07, 6.45) is 1.11. The summed E-state index contributed by atoms with van der Waals surface area (Å²) in [4.78, 5) is 28.9. The Hall–Kier alpha value is -3.36. The quantitative estimate of drug-likeness (QED) is 0.289. The normalized spacial score (nSPS) is 12.8. The van der Waals surface area contributed by atoms with Crippen molar-refractivity contribution in [2.75, 3.05) is 10.8 Å². The van der Waals surface area contributed by atoms with Gasteiger partial charge in [-0.05, 0) is 81.1 Å². The molecule has 0 aliphatic rings. The van der Waals surface area contributed by atoms with Crippen molar-refractivity contribution in [1.29, 1.82) is 0 Å². The molecule has 0 aliphatic heterocycles. The molecule has 3 rings (SSSR count). The molecule has 0 spiro atoms. The molecule has 9 heteroatoms. The third-order valence-corrected chi connectivity index (χ3v) is 8.87. The molecule has 0 aromatic heterocycles. The summed E-state index contributed by atoms with van der Waals surface area (Å²) < 4.78 is 28.9. The van der Waals surface area contributed by atoms with E-state index >= 15 is 0 Å². The highest BCUT2D eigenvalue weighted by Gasteiger charge is 2.34. The number of nitrogens with zero attached hydrogens (tertiary/aromatic N) is 2. The lowest BCUT2D eigenvalue weighted by molar-refractivity contribution is -0.140. The van der Waals surface area contributed by atoms with Crippen LogP contribution in [-0.4, -0.2) is 43.8 Å². The third-order valence-electron chi connectivity index (χ3n) is 6.83. The molecule has 0 saturated heterocycles. The van der Waals surface area contributed by atoms with Crippen LogP contribution in [-0.2, 0) is 26.2 Å². The molecular weight excluding hydrogens is 546 g/mol. The first-order valence-electron chi connectivity index (χ1n) is 13.5. The number of carbonyl (C=O) groups excluding carboxylic acids is 2. The Morgan fingerprint density at radius 1 is 0.900 bits per heavy atom. The van der Waals surface area contributed by atoms with Crippen molar-refractivity contribution in [1.82, 2.24) is 10.2 Å². The van der Waals surface area contributed by atoms with E-state index in [2.05, 4.69) is 5.32 Å². The SMILES string of the molecule is CC[C@H](C)NC(=O)[C@H](CC)N(Cc1ccc(C)cc1)C(=O)CN(c1cccc(C)c1)S(=O)(=O)c1ccc(Cl)cc1. The Bertz CT molecular complexity index is 1410. The molecule has 3 aromatic carbocycles. The maximum atomic E-state index is 14.1. The Balaban J connectivity index is 2.05. The lowest BCUT2D eigenvalue weighted by Gasteiger charge is -2.33. The zero-order chi connectivity index (χ0) is 29.4. The van der Waals surface area contributed by atoms with E-state index in [1.54, 1.807) is 18.2 Å². The van der Waals surface area contributed by atoms with Crippen LogP contribution >= 0.6 is 11.6 Å². The van der Waals surface area contributed by atoms with E-state index in [1.807, 2.05) is 65.0 Å². The predicted octanol–water partition coefficient (Wildman–Crippen LogP) is 5.87. The molecule has 0 radical (unpaired) electrons. The van der Waals surface area contributed by atoms with Crippen LogP contribution in [0.4, 0.5) is 5.69 Å². The number of hydrogen-bond donors (Lipinski definition) is 1. The van der Waals surface area contributed by atoms with Crippen LogP contribution in [0.15, 0.2) is 77.7 Å². The van der Waals surface area contributed by atoms with Crippen LogP contribution in [0.25, 0.3) is 0 Å². The van der Waals surface area contributed by atoms with Gasteiger partial charge >= 0.3 is 0 Å². The number of hydrogen-bond acceptors (Lipinski definition) is 4. The minimum atomic E-state index is -4.14. The number of benzene rings is 3. The fraction of sp³-hybridized carbons (Fsp3) is 0.355. The molecular formula is C31H38ClN3O4S. The van der Waals surface area contributed by atoms with Gasteiger partial charge < -0.3 is 10.2 Å². The van der Waals surface area contributed by atoms with E-state index in [1.165, 1.54) is 29.2 Å². The van der Waals surface area contributed by atoms with Crippen molar-refractivity contribution in [3.05, 3.63) is 94.5 Å². The van der Waals surface area contributed by atoms with Crippen molar-refractivity contribution in [3.8, 4) is 0 Å². The molecule has 0 bridgehead atoms. The van der Waals surface area contributed by atoms with Gasteiger partial charge in [0.2, 0.25) is 11.8 Å². The molecule has 214 valence electrons. The number of sulfonamides is 1. The number of halogens is 1. The van der Waals surface area contributed by atoms with Crippen LogP contribution in [0.5, 0.6) is 0 Å². The Kier molecular flexibility index (Phi) is 10.8. The first-order chi connectivity index (χ1) is 19.0. The van der Waals surface area contributed by atoms with Crippen LogP contribution < -0.4 is 9.62 Å². The molecule has 0 fully saturated rings. The first kappa shape index (κ1) is 31.2. The summed E-state index contributed by atoms with van der Waals surface area (Å²) in [5.41, 5.74) is 3.12. The van der Waals surface area contributed by atoms with Gasteiger partial charge in [-0.15, -0.1) is 0 Å². The fourth-order valence-corrected chi connectivity index (χ4v) is 5.83. The number of aryl methyl sites for hydroxylation is 2. The van der Waals surface area contributed by atoms with Gasteiger partial charge in [0.15, 0.2) is 0 Å². The molecule has 2 amide bonds. The van der Waals surface area contributed by atoms with Gasteiger partial charge in [0.05, 0.1) is 10.6 Å². The molecule has 1 N–H and O–H groups in total. The third kappa shape index (κ3) is 7.86. The topological polar surface area (TPSA) is 86.8 Å². The average molecular weight is 584 g/mol. The lowest BCUT2D eigenvalue weighted by atomic mass is 10.1. The lowest BCUT2D eigenvalue weighted by Crippen LogP contribution is -2.53. The highest BCUT2D eigenvalue weighted by Crippen LogP contribution is 2.26. The second-order valence-electron chi connectivity index (χ2n) is 10.1. The van der Waals surface area contributed by atoms with E-state index in [9.17, 15) is 18.0 Å². The maximum Gasteiger partial charge on any atom is 0.264 e. The zero-order valence-electron chi connectivity index (χ0n) is 23.7. The summed E-state index contributed by atoms with van der Waals surface area (Å²) in [6.45, 7) is 9.24. The summed E-state index contributed by atoms with van der Waals surface area (Å²) >= 11 is 6.01. The second kappa shape index (κ2) is 13.8.